The fourth-order valence-corrected chi connectivity index (χ4v) is 6.26. The molecule has 1 aliphatic carbocycles. The van der Waals surface area contributed by atoms with Crippen LogP contribution in [-0.2, 0) is 9.84 Å². The molecule has 0 bridgehead atoms. The first-order valence-corrected chi connectivity index (χ1v) is 14.0. The maximum absolute atomic E-state index is 11.8. The summed E-state index contributed by atoms with van der Waals surface area (Å²) in [6.07, 6.45) is 7.01. The Morgan fingerprint density at radius 3 is 2.52 bits per heavy atom. The van der Waals surface area contributed by atoms with E-state index >= 15 is 0 Å². The minimum Gasteiger partial charge on any atom is -0.493 e. The van der Waals surface area contributed by atoms with Gasteiger partial charge in [0.2, 0.25) is 0 Å². The Hall–Kier alpha value is -2.13. The van der Waals surface area contributed by atoms with Gasteiger partial charge < -0.3 is 19.7 Å². The van der Waals surface area contributed by atoms with Gasteiger partial charge in [0.25, 0.3) is 0 Å². The van der Waals surface area contributed by atoms with E-state index in [0.717, 1.165) is 48.4 Å². The van der Waals surface area contributed by atoms with Gasteiger partial charge in [-0.1, -0.05) is 0 Å². The van der Waals surface area contributed by atoms with Crippen molar-refractivity contribution in [3.63, 3.8) is 0 Å². The van der Waals surface area contributed by atoms with E-state index in [-0.39, 0.29) is 17.5 Å². The van der Waals surface area contributed by atoms with Gasteiger partial charge in [0.15, 0.2) is 11.5 Å². The van der Waals surface area contributed by atoms with Gasteiger partial charge in [-0.3, -0.25) is 0 Å². The van der Waals surface area contributed by atoms with Crippen molar-refractivity contribution in [3.8, 4) is 11.5 Å². The van der Waals surface area contributed by atoms with E-state index in [2.05, 4.69) is 10.2 Å². The predicted molar refractivity (Wildman–Crippen MR) is 129 cm³/mol. The average molecular weight is 475 g/mol. The number of hydrogen-bond acceptors (Lipinski definition) is 8. The number of methoxy groups -OCH3 is 1. The lowest BCUT2D eigenvalue weighted by atomic mass is 10.1. The van der Waals surface area contributed by atoms with Crippen LogP contribution in [0.4, 0.5) is 5.82 Å². The molecule has 0 atom stereocenters. The van der Waals surface area contributed by atoms with Crippen molar-refractivity contribution in [2.45, 2.75) is 56.9 Å². The summed E-state index contributed by atoms with van der Waals surface area (Å²) in [4.78, 5) is 12.2. The van der Waals surface area contributed by atoms with Crippen LogP contribution in [0.1, 0.15) is 56.7 Å². The van der Waals surface area contributed by atoms with Crippen LogP contribution < -0.4 is 14.8 Å². The van der Waals surface area contributed by atoms with Crippen LogP contribution in [0, 0.1) is 0 Å². The Labute approximate surface area is 196 Å². The minimum atomic E-state index is -2.91. The molecule has 0 unspecified atom stereocenters. The number of fused-ring (bicyclic) bond motifs is 1. The van der Waals surface area contributed by atoms with E-state index in [0.29, 0.717) is 36.9 Å². The number of nitrogens with one attached hydrogen (secondary N) is 1. The van der Waals surface area contributed by atoms with Crippen LogP contribution in [0.2, 0.25) is 0 Å². The van der Waals surface area contributed by atoms with Gasteiger partial charge in [-0.2, -0.15) is 0 Å². The summed E-state index contributed by atoms with van der Waals surface area (Å²) < 4.78 is 35.4. The number of hydrogen-bond donors (Lipinski definition) is 1. The molecule has 5 rings (SSSR count). The van der Waals surface area contributed by atoms with Crippen molar-refractivity contribution in [1.82, 2.24) is 14.9 Å². The molecule has 1 N–H and O–H groups in total. The zero-order chi connectivity index (χ0) is 22.8. The Kier molecular flexibility index (Phi) is 6.60. The monoisotopic (exact) mass is 474 g/mol. The fraction of sp³-hybridized carbons (Fsp3) is 0.667. The lowest BCUT2D eigenvalue weighted by Gasteiger charge is -2.24. The summed E-state index contributed by atoms with van der Waals surface area (Å²) in [6.45, 7) is 4.10. The van der Waals surface area contributed by atoms with Gasteiger partial charge in [-0.05, 0) is 64.1 Å². The molecule has 1 aromatic carbocycles. The first kappa shape index (κ1) is 22.7. The highest BCUT2D eigenvalue weighted by molar-refractivity contribution is 7.91. The summed E-state index contributed by atoms with van der Waals surface area (Å²) in [7, 11) is -1.26. The second-order valence-corrected chi connectivity index (χ2v) is 11.8. The van der Waals surface area contributed by atoms with Crippen LogP contribution in [-0.4, -0.2) is 74.2 Å². The third kappa shape index (κ3) is 5.51. The van der Waals surface area contributed by atoms with Crippen LogP contribution in [0.15, 0.2) is 12.1 Å². The molecule has 3 heterocycles. The molecule has 180 valence electrons. The largest absolute Gasteiger partial charge is 0.493 e. The summed E-state index contributed by atoms with van der Waals surface area (Å²) in [5.74, 6) is 3.86. The van der Waals surface area contributed by atoms with Crippen molar-refractivity contribution in [1.29, 1.82) is 0 Å². The highest BCUT2D eigenvalue weighted by Crippen LogP contribution is 2.41. The molecular weight excluding hydrogens is 440 g/mol. The van der Waals surface area contributed by atoms with Gasteiger partial charge in [-0.25, -0.2) is 18.4 Å². The number of anilines is 1. The number of rotatable bonds is 9. The maximum Gasteiger partial charge on any atom is 0.163 e. The molecule has 3 aliphatic rings. The molecule has 2 saturated heterocycles. The van der Waals surface area contributed by atoms with Crippen molar-refractivity contribution in [2.24, 2.45) is 0 Å². The maximum atomic E-state index is 11.8. The molecule has 9 heteroatoms. The highest BCUT2D eigenvalue weighted by Gasteiger charge is 2.29. The van der Waals surface area contributed by atoms with E-state index < -0.39 is 9.84 Å². The lowest BCUT2D eigenvalue weighted by Crippen LogP contribution is -2.32. The summed E-state index contributed by atoms with van der Waals surface area (Å²) in [6, 6.07) is 4.00. The molecule has 0 radical (unpaired) electrons. The van der Waals surface area contributed by atoms with E-state index in [1.54, 1.807) is 7.11 Å². The SMILES string of the molecule is COc1cc2c(NC3CCS(=O)(=O)CC3)nc(C3CC3)nc2cc1OCCCN1CCCC1. The number of nitrogens with zero attached hydrogens (tertiary/aromatic N) is 3. The van der Waals surface area contributed by atoms with E-state index in [1.165, 1.54) is 25.9 Å². The van der Waals surface area contributed by atoms with Crippen molar-refractivity contribution >= 4 is 26.6 Å². The van der Waals surface area contributed by atoms with E-state index in [4.69, 9.17) is 19.4 Å². The average Bonchev–Trinajstić information content (AvgIpc) is 3.53. The zero-order valence-electron chi connectivity index (χ0n) is 19.4. The summed E-state index contributed by atoms with van der Waals surface area (Å²) >= 11 is 0. The Balaban J connectivity index is 1.36. The molecule has 33 heavy (non-hydrogen) atoms. The van der Waals surface area contributed by atoms with Crippen LogP contribution >= 0.6 is 0 Å². The lowest BCUT2D eigenvalue weighted by molar-refractivity contribution is 0.254. The molecule has 0 amide bonds. The van der Waals surface area contributed by atoms with E-state index in [9.17, 15) is 8.42 Å². The third-order valence-corrected chi connectivity index (χ3v) is 8.63. The molecule has 8 nitrogen and oxygen atoms in total. The Bertz CT molecular complexity index is 1080. The number of likely N-dealkylation sites (tertiary alicyclic amines) is 1. The normalized spacial score (nSPS) is 21.4. The van der Waals surface area contributed by atoms with Gasteiger partial charge in [0.1, 0.15) is 21.5 Å². The molecule has 3 fully saturated rings. The third-order valence-electron chi connectivity index (χ3n) is 6.91. The van der Waals surface area contributed by atoms with Crippen LogP contribution in [0.5, 0.6) is 11.5 Å². The second kappa shape index (κ2) is 9.62. The van der Waals surface area contributed by atoms with Gasteiger partial charge in [0, 0.05) is 30.0 Å². The topological polar surface area (TPSA) is 93.6 Å². The highest BCUT2D eigenvalue weighted by atomic mass is 32.2. The number of benzene rings is 1. The quantitative estimate of drug-likeness (QED) is 0.553. The molecular formula is C24H34N4O4S. The first-order valence-electron chi connectivity index (χ1n) is 12.2. The molecule has 1 aromatic heterocycles. The number of aromatic nitrogens is 2. The molecule has 1 saturated carbocycles. The van der Waals surface area contributed by atoms with Crippen LogP contribution in [0.25, 0.3) is 10.9 Å². The second-order valence-electron chi connectivity index (χ2n) is 9.55. The van der Waals surface area contributed by atoms with Crippen molar-refractivity contribution < 1.29 is 17.9 Å². The fourth-order valence-electron chi connectivity index (χ4n) is 4.77. The minimum absolute atomic E-state index is 0.0891. The van der Waals surface area contributed by atoms with E-state index in [1.807, 2.05) is 12.1 Å². The molecule has 0 spiro atoms. The molecule has 2 aromatic rings. The molecule has 2 aliphatic heterocycles. The van der Waals surface area contributed by atoms with Crippen LogP contribution in [0.3, 0.4) is 0 Å². The van der Waals surface area contributed by atoms with Crippen molar-refractivity contribution in [3.05, 3.63) is 18.0 Å². The number of ether oxygens (including phenoxy) is 2. The summed E-state index contributed by atoms with van der Waals surface area (Å²) in [5.41, 5.74) is 0.841. The predicted octanol–water partition coefficient (Wildman–Crippen LogP) is 3.37. The van der Waals surface area contributed by atoms with Gasteiger partial charge in [-0.15, -0.1) is 0 Å². The van der Waals surface area contributed by atoms with Gasteiger partial charge in [0.05, 0.1) is 30.7 Å². The summed E-state index contributed by atoms with van der Waals surface area (Å²) in [5, 5.41) is 4.40. The smallest absolute Gasteiger partial charge is 0.163 e. The standard InChI is InChI=1S/C24H34N4O4S/c1-31-21-15-19-20(16-22(21)32-12-4-11-28-9-2-3-10-28)26-23(17-5-6-17)27-24(19)25-18-7-13-33(29,30)14-8-18/h15-18H,2-14H2,1H3,(H,25,26,27). The van der Waals surface area contributed by atoms with Crippen molar-refractivity contribution in [2.75, 3.05) is 50.2 Å². The first-order chi connectivity index (χ1) is 16.0. The zero-order valence-corrected chi connectivity index (χ0v) is 20.2. The Morgan fingerprint density at radius 2 is 1.82 bits per heavy atom. The Morgan fingerprint density at radius 1 is 1.06 bits per heavy atom. The van der Waals surface area contributed by atoms with Gasteiger partial charge >= 0.3 is 0 Å². The number of sulfone groups is 1.